The first kappa shape index (κ1) is 15.5. The zero-order valence-electron chi connectivity index (χ0n) is 10.6. The monoisotopic (exact) mass is 240 g/mol. The summed E-state index contributed by atoms with van der Waals surface area (Å²) in [4.78, 5) is 21.6. The molecule has 0 amide bonds. The van der Waals surface area contributed by atoms with E-state index >= 15 is 0 Å². The molecular weight excluding hydrogens is 220 g/mol. The fraction of sp³-hybridized carbons (Fsp3) is 0.692. The van der Waals surface area contributed by atoms with E-state index in [0.29, 0.717) is 6.61 Å². The SMILES string of the molecule is CCCCCCCCOC(=O)C#CC(=O)OC. The van der Waals surface area contributed by atoms with Crippen LogP contribution in [0.5, 0.6) is 0 Å². The summed E-state index contributed by atoms with van der Waals surface area (Å²) in [5.41, 5.74) is 0. The van der Waals surface area contributed by atoms with Gasteiger partial charge in [0, 0.05) is 11.8 Å². The van der Waals surface area contributed by atoms with Crippen LogP contribution in [0.15, 0.2) is 0 Å². The van der Waals surface area contributed by atoms with Gasteiger partial charge in [-0.2, -0.15) is 0 Å². The summed E-state index contributed by atoms with van der Waals surface area (Å²) in [6, 6.07) is 0. The van der Waals surface area contributed by atoms with E-state index in [-0.39, 0.29) is 0 Å². The molecule has 0 bridgehead atoms. The van der Waals surface area contributed by atoms with Crippen LogP contribution in [0.4, 0.5) is 0 Å². The molecule has 0 atom stereocenters. The molecule has 0 fully saturated rings. The molecule has 4 heteroatoms. The van der Waals surface area contributed by atoms with Crippen molar-refractivity contribution in [3.8, 4) is 11.8 Å². The van der Waals surface area contributed by atoms with Gasteiger partial charge in [-0.15, -0.1) is 0 Å². The van der Waals surface area contributed by atoms with Crippen molar-refractivity contribution in [1.82, 2.24) is 0 Å². The average Bonchev–Trinajstić information content (AvgIpc) is 2.34. The molecule has 17 heavy (non-hydrogen) atoms. The van der Waals surface area contributed by atoms with Crippen molar-refractivity contribution in [3.63, 3.8) is 0 Å². The first-order valence-electron chi connectivity index (χ1n) is 5.97. The zero-order valence-corrected chi connectivity index (χ0v) is 10.6. The minimum absolute atomic E-state index is 0.362. The third kappa shape index (κ3) is 10.8. The second-order valence-corrected chi connectivity index (χ2v) is 3.65. The Hall–Kier alpha value is -1.50. The Morgan fingerprint density at radius 3 is 2.18 bits per heavy atom. The minimum atomic E-state index is -0.735. The normalized spacial score (nSPS) is 9.06. The standard InChI is InChI=1S/C13H20O4/c1-3-4-5-6-7-8-11-17-13(15)10-9-12(14)16-2/h3-8,11H2,1-2H3. The van der Waals surface area contributed by atoms with E-state index in [9.17, 15) is 9.59 Å². The minimum Gasteiger partial charge on any atom is -0.459 e. The molecule has 0 aromatic rings. The summed E-state index contributed by atoms with van der Waals surface area (Å²) in [6.45, 7) is 2.53. The van der Waals surface area contributed by atoms with Crippen LogP contribution in [0.3, 0.4) is 0 Å². The lowest BCUT2D eigenvalue weighted by Gasteiger charge is -2.00. The highest BCUT2D eigenvalue weighted by Gasteiger charge is 1.98. The van der Waals surface area contributed by atoms with Gasteiger partial charge in [-0.05, 0) is 6.42 Å². The van der Waals surface area contributed by atoms with Crippen molar-refractivity contribution in [2.45, 2.75) is 45.4 Å². The van der Waals surface area contributed by atoms with Gasteiger partial charge in [0.15, 0.2) is 0 Å². The largest absolute Gasteiger partial charge is 0.459 e. The maximum absolute atomic E-state index is 11.0. The van der Waals surface area contributed by atoms with Crippen LogP contribution in [-0.2, 0) is 19.1 Å². The molecule has 0 saturated carbocycles. The number of ether oxygens (including phenoxy) is 2. The molecule has 0 rings (SSSR count). The second-order valence-electron chi connectivity index (χ2n) is 3.65. The topological polar surface area (TPSA) is 52.6 Å². The van der Waals surface area contributed by atoms with Crippen LogP contribution < -0.4 is 0 Å². The van der Waals surface area contributed by atoms with E-state index in [0.717, 1.165) is 12.8 Å². The molecule has 4 nitrogen and oxygen atoms in total. The maximum atomic E-state index is 11.0. The molecule has 0 radical (unpaired) electrons. The number of esters is 2. The van der Waals surface area contributed by atoms with Crippen LogP contribution in [0.1, 0.15) is 45.4 Å². The fourth-order valence-corrected chi connectivity index (χ4v) is 1.24. The summed E-state index contributed by atoms with van der Waals surface area (Å²) < 4.78 is 9.08. The highest BCUT2D eigenvalue weighted by molar-refractivity contribution is 5.98. The summed E-state index contributed by atoms with van der Waals surface area (Å²) >= 11 is 0. The van der Waals surface area contributed by atoms with Crippen molar-refractivity contribution in [1.29, 1.82) is 0 Å². The molecule has 0 N–H and O–H groups in total. The van der Waals surface area contributed by atoms with Gasteiger partial charge < -0.3 is 9.47 Å². The van der Waals surface area contributed by atoms with E-state index in [1.807, 2.05) is 5.92 Å². The summed E-state index contributed by atoms with van der Waals surface area (Å²) in [7, 11) is 1.21. The van der Waals surface area contributed by atoms with Crippen LogP contribution in [0, 0.1) is 11.8 Å². The molecule has 0 saturated heterocycles. The lowest BCUT2D eigenvalue weighted by atomic mass is 10.1. The van der Waals surface area contributed by atoms with Crippen LogP contribution in [-0.4, -0.2) is 25.7 Å². The van der Waals surface area contributed by atoms with Gasteiger partial charge in [-0.1, -0.05) is 39.0 Å². The average molecular weight is 240 g/mol. The Kier molecular flexibility index (Phi) is 10.0. The molecule has 0 aromatic carbocycles. The maximum Gasteiger partial charge on any atom is 0.384 e. The summed E-state index contributed by atoms with van der Waals surface area (Å²) in [5, 5.41) is 0. The Labute approximate surface area is 103 Å². The molecular formula is C13H20O4. The molecule has 0 aliphatic carbocycles. The summed E-state index contributed by atoms with van der Waals surface area (Å²) in [6.07, 6.45) is 6.77. The summed E-state index contributed by atoms with van der Waals surface area (Å²) in [5.74, 6) is 2.66. The smallest absolute Gasteiger partial charge is 0.384 e. The molecule has 0 aromatic heterocycles. The number of hydrogen-bond donors (Lipinski definition) is 0. The van der Waals surface area contributed by atoms with E-state index in [2.05, 4.69) is 17.6 Å². The quantitative estimate of drug-likeness (QED) is 0.296. The number of hydrogen-bond acceptors (Lipinski definition) is 4. The molecule has 0 spiro atoms. The number of carbonyl (C=O) groups is 2. The van der Waals surface area contributed by atoms with E-state index in [1.165, 1.54) is 32.8 Å². The third-order valence-electron chi connectivity index (χ3n) is 2.18. The molecule has 96 valence electrons. The van der Waals surface area contributed by atoms with Gasteiger partial charge in [0.2, 0.25) is 0 Å². The van der Waals surface area contributed by atoms with Gasteiger partial charge in [-0.25, -0.2) is 9.59 Å². The lowest BCUT2D eigenvalue weighted by molar-refractivity contribution is -0.137. The Morgan fingerprint density at radius 2 is 1.53 bits per heavy atom. The number of rotatable bonds is 7. The second kappa shape index (κ2) is 11.0. The van der Waals surface area contributed by atoms with Crippen molar-refractivity contribution in [2.24, 2.45) is 0 Å². The van der Waals surface area contributed by atoms with Gasteiger partial charge >= 0.3 is 11.9 Å². The predicted octanol–water partition coefficient (Wildman–Crippen LogP) is 2.07. The van der Waals surface area contributed by atoms with Gasteiger partial charge in [-0.3, -0.25) is 0 Å². The van der Waals surface area contributed by atoms with Gasteiger partial charge in [0.25, 0.3) is 0 Å². The Bertz CT molecular complexity index is 286. The van der Waals surface area contributed by atoms with Crippen molar-refractivity contribution in [3.05, 3.63) is 0 Å². The Morgan fingerprint density at radius 1 is 0.941 bits per heavy atom. The molecule has 0 heterocycles. The predicted molar refractivity (Wildman–Crippen MR) is 64.1 cm³/mol. The first-order chi connectivity index (χ1) is 8.20. The van der Waals surface area contributed by atoms with E-state index in [1.54, 1.807) is 0 Å². The van der Waals surface area contributed by atoms with Gasteiger partial charge in [0.05, 0.1) is 13.7 Å². The van der Waals surface area contributed by atoms with Crippen LogP contribution in [0.25, 0.3) is 0 Å². The number of methoxy groups -OCH3 is 1. The highest BCUT2D eigenvalue weighted by Crippen LogP contribution is 2.04. The Balaban J connectivity index is 3.44. The third-order valence-corrected chi connectivity index (χ3v) is 2.18. The van der Waals surface area contributed by atoms with Crippen molar-refractivity contribution in [2.75, 3.05) is 13.7 Å². The van der Waals surface area contributed by atoms with Crippen LogP contribution in [0.2, 0.25) is 0 Å². The molecule has 0 aliphatic heterocycles. The van der Waals surface area contributed by atoms with E-state index < -0.39 is 11.9 Å². The number of unbranched alkanes of at least 4 members (excludes halogenated alkanes) is 5. The van der Waals surface area contributed by atoms with Crippen LogP contribution >= 0.6 is 0 Å². The first-order valence-corrected chi connectivity index (χ1v) is 5.97. The zero-order chi connectivity index (χ0) is 12.9. The molecule has 0 unspecified atom stereocenters. The lowest BCUT2D eigenvalue weighted by Crippen LogP contribution is -2.04. The number of carbonyl (C=O) groups excluding carboxylic acids is 2. The van der Waals surface area contributed by atoms with E-state index in [4.69, 9.17) is 4.74 Å². The molecule has 0 aliphatic rings. The van der Waals surface area contributed by atoms with Crippen molar-refractivity contribution < 1.29 is 19.1 Å². The fourth-order valence-electron chi connectivity index (χ4n) is 1.24. The highest BCUT2D eigenvalue weighted by atomic mass is 16.5. The van der Waals surface area contributed by atoms with Gasteiger partial charge in [0.1, 0.15) is 0 Å². The van der Waals surface area contributed by atoms with Crippen molar-refractivity contribution >= 4 is 11.9 Å².